The molecular formula is C15H21N3O4S. The van der Waals surface area contributed by atoms with Gasteiger partial charge in [0.1, 0.15) is 0 Å². The van der Waals surface area contributed by atoms with Crippen LogP contribution in [0.25, 0.3) is 0 Å². The van der Waals surface area contributed by atoms with Crippen LogP contribution in [-0.4, -0.2) is 32.5 Å². The lowest BCUT2D eigenvalue weighted by molar-refractivity contribution is -0.126. The molecule has 1 fully saturated rings. The van der Waals surface area contributed by atoms with Gasteiger partial charge in [-0.2, -0.15) is 0 Å². The maximum atomic E-state index is 12.1. The fourth-order valence-electron chi connectivity index (χ4n) is 2.32. The molecule has 3 N–H and O–H groups in total. The van der Waals surface area contributed by atoms with Gasteiger partial charge in [-0.05, 0) is 37.1 Å². The van der Waals surface area contributed by atoms with Gasteiger partial charge in [-0.3, -0.25) is 14.3 Å². The highest BCUT2D eigenvalue weighted by molar-refractivity contribution is 7.92. The quantitative estimate of drug-likeness (QED) is 0.726. The van der Waals surface area contributed by atoms with Crippen LogP contribution in [0.15, 0.2) is 24.3 Å². The van der Waals surface area contributed by atoms with Gasteiger partial charge in [-0.25, -0.2) is 8.42 Å². The fraction of sp³-hybridized carbons (Fsp3) is 0.467. The summed E-state index contributed by atoms with van der Waals surface area (Å²) in [6.45, 7) is 2.14. The van der Waals surface area contributed by atoms with E-state index in [1.54, 1.807) is 31.2 Å². The summed E-state index contributed by atoms with van der Waals surface area (Å²) in [5.41, 5.74) is 1.05. The van der Waals surface area contributed by atoms with Gasteiger partial charge in [0.2, 0.25) is 21.8 Å². The van der Waals surface area contributed by atoms with Gasteiger partial charge in [0.05, 0.1) is 11.7 Å². The van der Waals surface area contributed by atoms with E-state index in [0.717, 1.165) is 0 Å². The zero-order valence-corrected chi connectivity index (χ0v) is 13.8. The Balaban J connectivity index is 1.92. The van der Waals surface area contributed by atoms with Crippen LogP contribution in [0.1, 0.15) is 26.2 Å². The second kappa shape index (κ2) is 7.45. The topological polar surface area (TPSA) is 104 Å². The van der Waals surface area contributed by atoms with E-state index < -0.39 is 10.0 Å². The lowest BCUT2D eigenvalue weighted by Gasteiger charge is -2.21. The van der Waals surface area contributed by atoms with Crippen molar-refractivity contribution in [1.29, 1.82) is 0 Å². The Labute approximate surface area is 135 Å². The van der Waals surface area contributed by atoms with Crippen molar-refractivity contribution in [2.24, 2.45) is 5.92 Å². The van der Waals surface area contributed by atoms with Crippen molar-refractivity contribution in [3.8, 4) is 0 Å². The molecule has 1 aromatic rings. The average molecular weight is 339 g/mol. The minimum Gasteiger partial charge on any atom is -0.355 e. The van der Waals surface area contributed by atoms with E-state index in [-0.39, 0.29) is 23.5 Å². The molecule has 8 heteroatoms. The van der Waals surface area contributed by atoms with Gasteiger partial charge in [0.25, 0.3) is 0 Å². The molecule has 126 valence electrons. The third kappa shape index (κ3) is 5.24. The normalized spacial score (nSPS) is 18.1. The zero-order chi connectivity index (χ0) is 16.9. The van der Waals surface area contributed by atoms with Crippen LogP contribution in [0.5, 0.6) is 0 Å². The molecule has 1 aromatic carbocycles. The van der Waals surface area contributed by atoms with E-state index >= 15 is 0 Å². The van der Waals surface area contributed by atoms with Crippen LogP contribution in [0.2, 0.25) is 0 Å². The molecule has 1 saturated heterocycles. The van der Waals surface area contributed by atoms with Gasteiger partial charge >= 0.3 is 0 Å². The minimum absolute atomic E-state index is 0.0298. The standard InChI is InChI=1S/C15H21N3O4S/c1-2-9-23(21,22)18-13-6-4-12(5-7-13)17-15(20)11-3-8-14(19)16-10-11/h4-7,11,18H,2-3,8-10H2,1H3,(H,16,19)(H,17,20)/t11-/m0/s1. The third-order valence-electron chi connectivity index (χ3n) is 3.53. The van der Waals surface area contributed by atoms with E-state index in [1.807, 2.05) is 0 Å². The number of piperidine rings is 1. The second-order valence-corrected chi connectivity index (χ2v) is 7.37. The Kier molecular flexibility index (Phi) is 5.59. The number of carbonyl (C=O) groups is 2. The van der Waals surface area contributed by atoms with E-state index in [0.29, 0.717) is 37.2 Å². The van der Waals surface area contributed by atoms with Crippen LogP contribution >= 0.6 is 0 Å². The molecule has 2 rings (SSSR count). The first kappa shape index (κ1) is 17.3. The molecule has 0 bridgehead atoms. The van der Waals surface area contributed by atoms with E-state index in [9.17, 15) is 18.0 Å². The van der Waals surface area contributed by atoms with Crippen molar-refractivity contribution in [2.75, 3.05) is 22.3 Å². The number of anilines is 2. The Morgan fingerprint density at radius 3 is 2.48 bits per heavy atom. The molecule has 0 aliphatic carbocycles. The summed E-state index contributed by atoms with van der Waals surface area (Å²) in [7, 11) is -3.32. The Bertz CT molecular complexity index is 660. The SMILES string of the molecule is CCCS(=O)(=O)Nc1ccc(NC(=O)[C@H]2CCC(=O)NC2)cc1. The first-order valence-electron chi connectivity index (χ1n) is 7.58. The molecular weight excluding hydrogens is 318 g/mol. The fourth-order valence-corrected chi connectivity index (χ4v) is 3.46. The first-order valence-corrected chi connectivity index (χ1v) is 9.23. The van der Waals surface area contributed by atoms with Crippen LogP contribution in [0.4, 0.5) is 11.4 Å². The number of amides is 2. The number of benzene rings is 1. The number of carbonyl (C=O) groups excluding carboxylic acids is 2. The second-order valence-electron chi connectivity index (χ2n) is 5.53. The van der Waals surface area contributed by atoms with Crippen molar-refractivity contribution < 1.29 is 18.0 Å². The van der Waals surface area contributed by atoms with Crippen molar-refractivity contribution in [3.63, 3.8) is 0 Å². The molecule has 0 radical (unpaired) electrons. The average Bonchev–Trinajstić information content (AvgIpc) is 2.49. The lowest BCUT2D eigenvalue weighted by Crippen LogP contribution is -2.40. The van der Waals surface area contributed by atoms with Crippen LogP contribution in [0, 0.1) is 5.92 Å². The maximum Gasteiger partial charge on any atom is 0.232 e. The van der Waals surface area contributed by atoms with E-state index in [1.165, 1.54) is 0 Å². The van der Waals surface area contributed by atoms with Crippen molar-refractivity contribution >= 4 is 33.2 Å². The predicted molar refractivity (Wildman–Crippen MR) is 88.5 cm³/mol. The molecule has 1 aliphatic rings. The van der Waals surface area contributed by atoms with Gasteiger partial charge in [0.15, 0.2) is 0 Å². The van der Waals surface area contributed by atoms with Crippen LogP contribution in [0.3, 0.4) is 0 Å². The smallest absolute Gasteiger partial charge is 0.232 e. The highest BCUT2D eigenvalue weighted by Crippen LogP contribution is 2.18. The maximum absolute atomic E-state index is 12.1. The zero-order valence-electron chi connectivity index (χ0n) is 13.0. The van der Waals surface area contributed by atoms with Crippen molar-refractivity contribution in [2.45, 2.75) is 26.2 Å². The summed E-state index contributed by atoms with van der Waals surface area (Å²) in [4.78, 5) is 23.2. The molecule has 0 unspecified atom stereocenters. The molecule has 0 spiro atoms. The monoisotopic (exact) mass is 339 g/mol. The van der Waals surface area contributed by atoms with Crippen LogP contribution in [-0.2, 0) is 19.6 Å². The van der Waals surface area contributed by atoms with Gasteiger partial charge in [-0.1, -0.05) is 6.92 Å². The number of hydrogen-bond donors (Lipinski definition) is 3. The summed E-state index contributed by atoms with van der Waals surface area (Å²) in [5, 5.41) is 5.44. The predicted octanol–water partition coefficient (Wildman–Crippen LogP) is 1.30. The van der Waals surface area contributed by atoms with E-state index in [4.69, 9.17) is 0 Å². The van der Waals surface area contributed by atoms with Crippen LogP contribution < -0.4 is 15.4 Å². The lowest BCUT2D eigenvalue weighted by atomic mass is 9.98. The molecule has 7 nitrogen and oxygen atoms in total. The highest BCUT2D eigenvalue weighted by Gasteiger charge is 2.24. The minimum atomic E-state index is -3.32. The number of nitrogens with one attached hydrogen (secondary N) is 3. The van der Waals surface area contributed by atoms with Gasteiger partial charge in [0, 0.05) is 24.3 Å². The third-order valence-corrected chi connectivity index (χ3v) is 5.03. The summed E-state index contributed by atoms with van der Waals surface area (Å²) < 4.78 is 25.8. The number of hydrogen-bond acceptors (Lipinski definition) is 4. The first-order chi connectivity index (χ1) is 10.9. The van der Waals surface area contributed by atoms with E-state index in [2.05, 4.69) is 15.4 Å². The van der Waals surface area contributed by atoms with Crippen molar-refractivity contribution in [1.82, 2.24) is 5.32 Å². The van der Waals surface area contributed by atoms with Gasteiger partial charge in [-0.15, -0.1) is 0 Å². The highest BCUT2D eigenvalue weighted by atomic mass is 32.2. The molecule has 1 aliphatic heterocycles. The molecule has 0 saturated carbocycles. The summed E-state index contributed by atoms with van der Waals surface area (Å²) in [6.07, 6.45) is 1.43. The number of sulfonamides is 1. The Morgan fingerprint density at radius 2 is 1.91 bits per heavy atom. The molecule has 1 heterocycles. The molecule has 2 amide bonds. The molecule has 23 heavy (non-hydrogen) atoms. The molecule has 0 aromatic heterocycles. The van der Waals surface area contributed by atoms with Crippen molar-refractivity contribution in [3.05, 3.63) is 24.3 Å². The van der Waals surface area contributed by atoms with Gasteiger partial charge < -0.3 is 10.6 Å². The largest absolute Gasteiger partial charge is 0.355 e. The summed E-state index contributed by atoms with van der Waals surface area (Å²) in [6, 6.07) is 6.49. The summed E-state index contributed by atoms with van der Waals surface area (Å²) >= 11 is 0. The Hall–Kier alpha value is -2.09. The Morgan fingerprint density at radius 1 is 1.26 bits per heavy atom. The number of rotatable bonds is 6. The summed E-state index contributed by atoms with van der Waals surface area (Å²) in [5.74, 6) is -0.351. The molecule has 1 atom stereocenters.